The molecule has 1 aliphatic heterocycles. The van der Waals surface area contributed by atoms with Crippen LogP contribution in [0.25, 0.3) is 22.0 Å². The lowest BCUT2D eigenvalue weighted by atomic mass is 10.0. The van der Waals surface area contributed by atoms with Gasteiger partial charge in [0.25, 0.3) is 5.56 Å². The Hall–Kier alpha value is -3.45. The van der Waals surface area contributed by atoms with Crippen molar-refractivity contribution in [3.63, 3.8) is 0 Å². The molecule has 0 spiro atoms. The van der Waals surface area contributed by atoms with Crippen LogP contribution in [0.2, 0.25) is 0 Å². The SMILES string of the molecule is Cc1nc2cc(-c3ccc(C(F)(F)F)cc3)ccc2c(=O)n1CCc1ccc(CN2CCCC2)cc1. The zero-order valence-corrected chi connectivity index (χ0v) is 20.2. The topological polar surface area (TPSA) is 38.1 Å². The number of aromatic nitrogens is 2. The van der Waals surface area contributed by atoms with Crippen molar-refractivity contribution < 1.29 is 13.2 Å². The number of aryl methyl sites for hydroxylation is 2. The number of hydrogen-bond donors (Lipinski definition) is 0. The highest BCUT2D eigenvalue weighted by Crippen LogP contribution is 2.31. The normalized spacial score (nSPS) is 14.6. The van der Waals surface area contributed by atoms with E-state index in [4.69, 9.17) is 0 Å². The monoisotopic (exact) mass is 491 g/mol. The van der Waals surface area contributed by atoms with E-state index in [1.165, 1.54) is 49.2 Å². The van der Waals surface area contributed by atoms with Gasteiger partial charge >= 0.3 is 6.18 Å². The molecule has 0 radical (unpaired) electrons. The summed E-state index contributed by atoms with van der Waals surface area (Å²) in [5, 5.41) is 0.497. The molecule has 0 amide bonds. The molecule has 1 aliphatic rings. The van der Waals surface area contributed by atoms with Crippen LogP contribution in [-0.4, -0.2) is 27.5 Å². The molecule has 36 heavy (non-hydrogen) atoms. The Morgan fingerprint density at radius 1 is 0.861 bits per heavy atom. The van der Waals surface area contributed by atoms with Crippen molar-refractivity contribution in [3.05, 3.63) is 99.6 Å². The second-order valence-electron chi connectivity index (χ2n) is 9.47. The first kappa shape index (κ1) is 24.3. The zero-order valence-electron chi connectivity index (χ0n) is 20.2. The number of rotatable bonds is 6. The summed E-state index contributed by atoms with van der Waals surface area (Å²) < 4.78 is 40.3. The molecule has 0 atom stereocenters. The summed E-state index contributed by atoms with van der Waals surface area (Å²) in [6, 6.07) is 18.8. The molecule has 1 fully saturated rings. The van der Waals surface area contributed by atoms with Crippen LogP contribution in [0.3, 0.4) is 0 Å². The van der Waals surface area contributed by atoms with Crippen molar-refractivity contribution >= 4 is 10.9 Å². The number of nitrogens with zero attached hydrogens (tertiary/aromatic N) is 3. The molecule has 1 aromatic heterocycles. The minimum atomic E-state index is -4.37. The Morgan fingerprint density at radius 3 is 2.17 bits per heavy atom. The maximum absolute atomic E-state index is 13.2. The van der Waals surface area contributed by atoms with Gasteiger partial charge in [-0.05, 0) is 85.8 Å². The van der Waals surface area contributed by atoms with Gasteiger partial charge < -0.3 is 0 Å². The Bertz CT molecular complexity index is 1420. The highest BCUT2D eigenvalue weighted by atomic mass is 19.4. The molecular formula is C29H28F3N3O. The summed E-state index contributed by atoms with van der Waals surface area (Å²) in [5.74, 6) is 0.614. The van der Waals surface area contributed by atoms with E-state index in [0.717, 1.165) is 25.1 Å². The van der Waals surface area contributed by atoms with E-state index in [-0.39, 0.29) is 5.56 Å². The second kappa shape index (κ2) is 9.90. The van der Waals surface area contributed by atoms with Crippen LogP contribution in [0.15, 0.2) is 71.5 Å². The summed E-state index contributed by atoms with van der Waals surface area (Å²) >= 11 is 0. The van der Waals surface area contributed by atoms with E-state index in [2.05, 4.69) is 34.1 Å². The Kier molecular flexibility index (Phi) is 6.67. The summed E-state index contributed by atoms with van der Waals surface area (Å²) in [6.07, 6.45) is -1.09. The number of alkyl halides is 3. The smallest absolute Gasteiger partial charge is 0.299 e. The average Bonchev–Trinajstić information content (AvgIpc) is 3.37. The van der Waals surface area contributed by atoms with Gasteiger partial charge in [-0.2, -0.15) is 13.2 Å². The van der Waals surface area contributed by atoms with E-state index >= 15 is 0 Å². The molecule has 4 nitrogen and oxygen atoms in total. The van der Waals surface area contributed by atoms with Gasteiger partial charge in [0.1, 0.15) is 5.82 Å². The molecule has 0 saturated carbocycles. The third kappa shape index (κ3) is 5.21. The fraction of sp³-hybridized carbons (Fsp3) is 0.310. The summed E-state index contributed by atoms with van der Waals surface area (Å²) in [7, 11) is 0. The molecule has 0 N–H and O–H groups in total. The lowest BCUT2D eigenvalue weighted by molar-refractivity contribution is -0.137. The average molecular weight is 492 g/mol. The number of halogens is 3. The molecular weight excluding hydrogens is 463 g/mol. The van der Waals surface area contributed by atoms with Crippen molar-refractivity contribution in [1.82, 2.24) is 14.5 Å². The third-order valence-corrected chi connectivity index (χ3v) is 6.94. The standard InChI is InChI=1S/C29H28F3N3O/c1-20-33-27-18-24(23-8-11-25(12-9-23)29(30,31)32)10-13-26(27)28(36)35(20)17-14-21-4-6-22(7-5-21)19-34-15-2-3-16-34/h4-13,18H,2-3,14-17,19H2,1H3. The van der Waals surface area contributed by atoms with Gasteiger partial charge in [-0.25, -0.2) is 4.98 Å². The molecule has 4 aromatic rings. The first-order valence-electron chi connectivity index (χ1n) is 12.3. The van der Waals surface area contributed by atoms with Gasteiger partial charge in [0.05, 0.1) is 16.5 Å². The van der Waals surface area contributed by atoms with Crippen LogP contribution in [0.4, 0.5) is 13.2 Å². The number of likely N-dealkylation sites (tertiary alicyclic amines) is 1. The zero-order chi connectivity index (χ0) is 25.3. The molecule has 3 aromatic carbocycles. The number of fused-ring (bicyclic) bond motifs is 1. The van der Waals surface area contributed by atoms with Crippen molar-refractivity contribution in [1.29, 1.82) is 0 Å². The Labute approximate surface area is 208 Å². The minimum absolute atomic E-state index is 0.109. The lowest BCUT2D eigenvalue weighted by Gasteiger charge is -2.15. The van der Waals surface area contributed by atoms with Crippen LogP contribution < -0.4 is 5.56 Å². The van der Waals surface area contributed by atoms with Crippen molar-refractivity contribution in [2.45, 2.75) is 45.5 Å². The Balaban J connectivity index is 1.32. The first-order valence-corrected chi connectivity index (χ1v) is 12.3. The van der Waals surface area contributed by atoms with Gasteiger partial charge in [-0.15, -0.1) is 0 Å². The molecule has 7 heteroatoms. The summed E-state index contributed by atoms with van der Waals surface area (Å²) in [6.45, 7) is 5.67. The van der Waals surface area contributed by atoms with E-state index in [9.17, 15) is 18.0 Å². The van der Waals surface area contributed by atoms with Gasteiger partial charge in [0, 0.05) is 13.1 Å². The van der Waals surface area contributed by atoms with Crippen molar-refractivity contribution in [2.24, 2.45) is 0 Å². The highest BCUT2D eigenvalue weighted by Gasteiger charge is 2.30. The van der Waals surface area contributed by atoms with Crippen LogP contribution in [0.1, 0.15) is 35.4 Å². The molecule has 0 aliphatic carbocycles. The van der Waals surface area contributed by atoms with E-state index < -0.39 is 11.7 Å². The molecule has 186 valence electrons. The van der Waals surface area contributed by atoms with Crippen LogP contribution >= 0.6 is 0 Å². The largest absolute Gasteiger partial charge is 0.416 e. The summed E-state index contributed by atoms with van der Waals surface area (Å²) in [4.78, 5) is 20.3. The molecule has 0 unspecified atom stereocenters. The third-order valence-electron chi connectivity index (χ3n) is 6.94. The predicted octanol–water partition coefficient (Wildman–Crippen LogP) is 6.23. The van der Waals surface area contributed by atoms with E-state index in [0.29, 0.717) is 34.4 Å². The van der Waals surface area contributed by atoms with Crippen LogP contribution in [-0.2, 0) is 25.7 Å². The molecule has 1 saturated heterocycles. The fourth-order valence-corrected chi connectivity index (χ4v) is 4.88. The van der Waals surface area contributed by atoms with E-state index in [1.807, 2.05) is 6.92 Å². The lowest BCUT2D eigenvalue weighted by Crippen LogP contribution is -2.25. The van der Waals surface area contributed by atoms with Crippen LogP contribution in [0, 0.1) is 6.92 Å². The number of hydrogen-bond acceptors (Lipinski definition) is 3. The van der Waals surface area contributed by atoms with E-state index in [1.54, 1.807) is 22.8 Å². The fourth-order valence-electron chi connectivity index (χ4n) is 4.88. The van der Waals surface area contributed by atoms with Gasteiger partial charge in [-0.3, -0.25) is 14.3 Å². The quantitative estimate of drug-likeness (QED) is 0.321. The molecule has 0 bridgehead atoms. The maximum Gasteiger partial charge on any atom is 0.416 e. The summed E-state index contributed by atoms with van der Waals surface area (Å²) in [5.41, 5.74) is 3.58. The van der Waals surface area contributed by atoms with Crippen molar-refractivity contribution in [2.75, 3.05) is 13.1 Å². The maximum atomic E-state index is 13.2. The van der Waals surface area contributed by atoms with Crippen LogP contribution in [0.5, 0.6) is 0 Å². The number of benzene rings is 3. The minimum Gasteiger partial charge on any atom is -0.299 e. The molecule has 2 heterocycles. The predicted molar refractivity (Wildman–Crippen MR) is 136 cm³/mol. The first-order chi connectivity index (χ1) is 17.3. The van der Waals surface area contributed by atoms with Gasteiger partial charge in [0.15, 0.2) is 0 Å². The van der Waals surface area contributed by atoms with Gasteiger partial charge in [-0.1, -0.05) is 42.5 Å². The van der Waals surface area contributed by atoms with Crippen molar-refractivity contribution in [3.8, 4) is 11.1 Å². The Morgan fingerprint density at radius 2 is 1.50 bits per heavy atom. The molecule has 5 rings (SSSR count). The second-order valence-corrected chi connectivity index (χ2v) is 9.47. The van der Waals surface area contributed by atoms with Gasteiger partial charge in [0.2, 0.25) is 0 Å². The highest BCUT2D eigenvalue weighted by molar-refractivity contribution is 5.83.